The minimum Gasteiger partial charge on any atom is -0.481 e. The fraction of sp³-hybridized carbons (Fsp3) is 0.278. The van der Waals surface area contributed by atoms with Gasteiger partial charge in [-0.2, -0.15) is 0 Å². The third-order valence-electron chi connectivity index (χ3n) is 4.16. The second-order valence-corrected chi connectivity index (χ2v) is 6.98. The monoisotopic (exact) mass is 342 g/mol. The van der Waals surface area contributed by atoms with E-state index < -0.39 is 17.8 Å². The molecule has 2 atom stereocenters. The van der Waals surface area contributed by atoms with Crippen molar-refractivity contribution in [3.05, 3.63) is 47.4 Å². The van der Waals surface area contributed by atoms with E-state index in [4.69, 9.17) is 0 Å². The van der Waals surface area contributed by atoms with Crippen LogP contribution in [0.2, 0.25) is 0 Å². The molecule has 0 bridgehead atoms. The van der Waals surface area contributed by atoms with E-state index in [-0.39, 0.29) is 5.91 Å². The average Bonchev–Trinajstić information content (AvgIpc) is 2.96. The number of aliphatic carboxylic acids is 1. The molecule has 6 heteroatoms. The number of hydrogen-bond donors (Lipinski definition) is 2. The van der Waals surface area contributed by atoms with Crippen molar-refractivity contribution >= 4 is 28.3 Å². The van der Waals surface area contributed by atoms with Crippen molar-refractivity contribution in [3.63, 3.8) is 0 Å². The van der Waals surface area contributed by atoms with Crippen LogP contribution in [-0.2, 0) is 9.59 Å². The number of carbonyl (C=O) groups excluding carboxylic acids is 1. The first-order valence-corrected chi connectivity index (χ1v) is 8.59. The van der Waals surface area contributed by atoms with Crippen molar-refractivity contribution in [3.8, 4) is 11.3 Å². The Morgan fingerprint density at radius 3 is 2.50 bits per heavy atom. The largest absolute Gasteiger partial charge is 0.481 e. The molecule has 2 unspecified atom stereocenters. The van der Waals surface area contributed by atoms with E-state index in [1.165, 1.54) is 11.3 Å². The number of nitrogens with zero attached hydrogens (tertiary/aromatic N) is 1. The number of nitrogens with one attached hydrogen (secondary N) is 1. The summed E-state index contributed by atoms with van der Waals surface area (Å²) < 4.78 is 0. The summed E-state index contributed by atoms with van der Waals surface area (Å²) in [6.07, 6.45) is 4.52. The molecule has 0 spiro atoms. The van der Waals surface area contributed by atoms with Gasteiger partial charge in [0.25, 0.3) is 0 Å². The van der Waals surface area contributed by atoms with Crippen molar-refractivity contribution in [2.45, 2.75) is 19.8 Å². The van der Waals surface area contributed by atoms with Crippen molar-refractivity contribution in [2.24, 2.45) is 11.8 Å². The molecule has 0 fully saturated rings. The quantitative estimate of drug-likeness (QED) is 0.830. The Bertz CT molecular complexity index is 783. The zero-order valence-corrected chi connectivity index (χ0v) is 14.0. The number of hydrogen-bond acceptors (Lipinski definition) is 4. The first kappa shape index (κ1) is 16.4. The van der Waals surface area contributed by atoms with Gasteiger partial charge in [-0.15, -0.1) is 11.3 Å². The fourth-order valence-electron chi connectivity index (χ4n) is 2.89. The van der Waals surface area contributed by atoms with Gasteiger partial charge in [0.1, 0.15) is 0 Å². The van der Waals surface area contributed by atoms with Gasteiger partial charge < -0.3 is 10.4 Å². The molecule has 1 aliphatic carbocycles. The summed E-state index contributed by atoms with van der Waals surface area (Å²) in [6.45, 7) is 1.96. The van der Waals surface area contributed by atoms with E-state index in [0.717, 1.165) is 16.1 Å². The number of aryl methyl sites for hydroxylation is 1. The minimum absolute atomic E-state index is 0.278. The molecule has 0 saturated carbocycles. The number of carboxylic acids is 1. The Morgan fingerprint density at radius 2 is 1.83 bits per heavy atom. The fourth-order valence-corrected chi connectivity index (χ4v) is 3.73. The predicted molar refractivity (Wildman–Crippen MR) is 93.9 cm³/mol. The molecule has 2 N–H and O–H groups in total. The predicted octanol–water partition coefficient (Wildman–Crippen LogP) is 3.72. The Labute approximate surface area is 144 Å². The molecule has 0 aliphatic heterocycles. The highest BCUT2D eigenvalue weighted by Gasteiger charge is 2.34. The van der Waals surface area contributed by atoms with Crippen LogP contribution in [0.3, 0.4) is 0 Å². The van der Waals surface area contributed by atoms with Crippen LogP contribution in [0.15, 0.2) is 42.5 Å². The van der Waals surface area contributed by atoms with Gasteiger partial charge in [0.15, 0.2) is 5.13 Å². The van der Waals surface area contributed by atoms with Crippen LogP contribution >= 0.6 is 11.3 Å². The third kappa shape index (κ3) is 3.38. The van der Waals surface area contributed by atoms with Crippen molar-refractivity contribution < 1.29 is 14.7 Å². The molecule has 1 aromatic carbocycles. The number of amides is 1. The number of carboxylic acid groups (broad SMARTS) is 1. The molecule has 1 aliphatic rings. The van der Waals surface area contributed by atoms with E-state index in [2.05, 4.69) is 10.3 Å². The Morgan fingerprint density at radius 1 is 1.17 bits per heavy atom. The molecule has 5 nitrogen and oxygen atoms in total. The number of rotatable bonds is 4. The lowest BCUT2D eigenvalue weighted by molar-refractivity contribution is -0.146. The second-order valence-electron chi connectivity index (χ2n) is 5.77. The molecular formula is C18H18N2O3S. The van der Waals surface area contributed by atoms with Crippen LogP contribution in [0.4, 0.5) is 5.13 Å². The number of allylic oxidation sites excluding steroid dienone is 2. The number of thiazole rings is 1. The SMILES string of the molecule is Cc1sc(NC(=O)C2CC=CCC2C(=O)O)nc1-c1ccccc1. The highest BCUT2D eigenvalue weighted by molar-refractivity contribution is 7.16. The Balaban J connectivity index is 1.78. The average molecular weight is 342 g/mol. The van der Waals surface area contributed by atoms with Gasteiger partial charge in [-0.3, -0.25) is 9.59 Å². The minimum atomic E-state index is -0.931. The van der Waals surface area contributed by atoms with E-state index in [0.29, 0.717) is 18.0 Å². The zero-order chi connectivity index (χ0) is 17.1. The molecular weight excluding hydrogens is 324 g/mol. The lowest BCUT2D eigenvalue weighted by atomic mass is 9.82. The molecule has 1 aromatic heterocycles. The smallest absolute Gasteiger partial charge is 0.307 e. The van der Waals surface area contributed by atoms with Crippen LogP contribution in [0.5, 0.6) is 0 Å². The number of carbonyl (C=O) groups is 2. The van der Waals surface area contributed by atoms with Gasteiger partial charge >= 0.3 is 5.97 Å². The van der Waals surface area contributed by atoms with Crippen molar-refractivity contribution in [1.29, 1.82) is 0 Å². The number of anilines is 1. The molecule has 0 saturated heterocycles. The molecule has 2 aromatic rings. The molecule has 0 radical (unpaired) electrons. The van der Waals surface area contributed by atoms with Gasteiger partial charge in [0, 0.05) is 10.4 Å². The van der Waals surface area contributed by atoms with Gasteiger partial charge in [-0.1, -0.05) is 42.5 Å². The van der Waals surface area contributed by atoms with E-state index in [1.54, 1.807) is 0 Å². The van der Waals surface area contributed by atoms with Crippen LogP contribution in [0, 0.1) is 18.8 Å². The lowest BCUT2D eigenvalue weighted by Gasteiger charge is -2.23. The molecule has 1 amide bonds. The normalized spacial score (nSPS) is 19.9. The molecule has 24 heavy (non-hydrogen) atoms. The maximum Gasteiger partial charge on any atom is 0.307 e. The van der Waals surface area contributed by atoms with Crippen LogP contribution < -0.4 is 5.32 Å². The maximum atomic E-state index is 12.5. The highest BCUT2D eigenvalue weighted by atomic mass is 32.1. The van der Waals surface area contributed by atoms with Crippen LogP contribution in [-0.4, -0.2) is 22.0 Å². The van der Waals surface area contributed by atoms with E-state index >= 15 is 0 Å². The first-order chi connectivity index (χ1) is 11.6. The second kappa shape index (κ2) is 6.97. The van der Waals surface area contributed by atoms with Gasteiger partial charge in [-0.25, -0.2) is 4.98 Å². The van der Waals surface area contributed by atoms with Crippen molar-refractivity contribution in [1.82, 2.24) is 4.98 Å². The number of benzene rings is 1. The summed E-state index contributed by atoms with van der Waals surface area (Å²) in [5.74, 6) is -2.44. The zero-order valence-electron chi connectivity index (χ0n) is 13.2. The Kier molecular flexibility index (Phi) is 4.76. The van der Waals surface area contributed by atoms with Crippen molar-refractivity contribution in [2.75, 3.05) is 5.32 Å². The Hall–Kier alpha value is -2.47. The number of aromatic nitrogens is 1. The van der Waals surface area contributed by atoms with E-state index in [9.17, 15) is 14.7 Å². The molecule has 3 rings (SSSR count). The summed E-state index contributed by atoms with van der Waals surface area (Å²) in [6, 6.07) is 9.77. The standard InChI is InChI=1S/C18H18N2O3S/c1-11-15(12-7-3-2-4-8-12)19-18(24-11)20-16(21)13-9-5-6-10-14(13)17(22)23/h2-8,13-14H,9-10H2,1H3,(H,22,23)(H,19,20,21). The first-order valence-electron chi connectivity index (χ1n) is 7.78. The topological polar surface area (TPSA) is 79.3 Å². The van der Waals surface area contributed by atoms with E-state index in [1.807, 2.05) is 49.4 Å². The van der Waals surface area contributed by atoms with Gasteiger partial charge in [-0.05, 0) is 19.8 Å². The lowest BCUT2D eigenvalue weighted by Crippen LogP contribution is -2.34. The highest BCUT2D eigenvalue weighted by Crippen LogP contribution is 2.32. The maximum absolute atomic E-state index is 12.5. The summed E-state index contributed by atoms with van der Waals surface area (Å²) in [5.41, 5.74) is 1.84. The van der Waals surface area contributed by atoms with Crippen LogP contribution in [0.1, 0.15) is 17.7 Å². The van der Waals surface area contributed by atoms with Crippen LogP contribution in [0.25, 0.3) is 11.3 Å². The molecule has 1 heterocycles. The summed E-state index contributed by atoms with van der Waals surface area (Å²) in [5, 5.41) is 12.6. The van der Waals surface area contributed by atoms with Gasteiger partial charge in [0.2, 0.25) is 5.91 Å². The molecule has 124 valence electrons. The third-order valence-corrected chi connectivity index (χ3v) is 5.05. The summed E-state index contributed by atoms with van der Waals surface area (Å²) in [4.78, 5) is 29.4. The van der Waals surface area contributed by atoms with Gasteiger partial charge in [0.05, 0.1) is 17.5 Å². The summed E-state index contributed by atoms with van der Waals surface area (Å²) >= 11 is 1.40. The summed E-state index contributed by atoms with van der Waals surface area (Å²) in [7, 11) is 0.